The molecule has 1 heterocycles. The Morgan fingerprint density at radius 2 is 1.94 bits per heavy atom. The zero-order valence-corrected chi connectivity index (χ0v) is 11.3. The summed E-state index contributed by atoms with van der Waals surface area (Å²) in [4.78, 5) is 11.0. The first-order chi connectivity index (χ1) is 8.13. The molecule has 0 fully saturated rings. The Morgan fingerprint density at radius 3 is 2.41 bits per heavy atom. The maximum Gasteiger partial charge on any atom is 0.172 e. The minimum absolute atomic E-state index is 0.386. The van der Waals surface area contributed by atoms with Gasteiger partial charge in [0, 0.05) is 12.5 Å². The zero-order valence-electron chi connectivity index (χ0n) is 11.3. The standard InChI is InChI=1S/C13H23N3O/c1-5-11(6-2)13-12(9-17)14-15-16(13)8-7-10(3)4/h9-11H,5-8H2,1-4H3. The van der Waals surface area contributed by atoms with Crippen molar-refractivity contribution in [3.63, 3.8) is 0 Å². The van der Waals surface area contributed by atoms with Crippen LogP contribution < -0.4 is 0 Å². The molecule has 0 spiro atoms. The fourth-order valence-electron chi connectivity index (χ4n) is 2.06. The Hall–Kier alpha value is -1.19. The van der Waals surface area contributed by atoms with Gasteiger partial charge in [-0.1, -0.05) is 32.9 Å². The molecular weight excluding hydrogens is 214 g/mol. The largest absolute Gasteiger partial charge is 0.296 e. The normalized spacial score (nSPS) is 11.4. The number of nitrogens with zero attached hydrogens (tertiary/aromatic N) is 3. The van der Waals surface area contributed by atoms with E-state index in [1.165, 1.54) is 0 Å². The molecule has 4 heteroatoms. The lowest BCUT2D eigenvalue weighted by molar-refractivity contribution is 0.111. The maximum absolute atomic E-state index is 11.0. The highest BCUT2D eigenvalue weighted by Gasteiger charge is 2.19. The van der Waals surface area contributed by atoms with Crippen molar-refractivity contribution in [1.82, 2.24) is 15.0 Å². The number of carbonyl (C=O) groups is 1. The third kappa shape index (κ3) is 3.38. The van der Waals surface area contributed by atoms with E-state index in [9.17, 15) is 4.79 Å². The number of rotatable bonds is 7. The highest BCUT2D eigenvalue weighted by molar-refractivity contribution is 5.73. The van der Waals surface area contributed by atoms with Gasteiger partial charge in [-0.3, -0.25) is 4.79 Å². The van der Waals surface area contributed by atoms with E-state index in [1.54, 1.807) is 0 Å². The fraction of sp³-hybridized carbons (Fsp3) is 0.769. The summed E-state index contributed by atoms with van der Waals surface area (Å²) in [5.74, 6) is 1.02. The molecule has 1 aromatic rings. The molecule has 96 valence electrons. The van der Waals surface area contributed by atoms with E-state index in [-0.39, 0.29) is 0 Å². The summed E-state index contributed by atoms with van der Waals surface area (Å²) >= 11 is 0. The second kappa shape index (κ2) is 6.52. The van der Waals surface area contributed by atoms with Gasteiger partial charge in [-0.05, 0) is 25.2 Å². The van der Waals surface area contributed by atoms with Gasteiger partial charge in [0.25, 0.3) is 0 Å². The average molecular weight is 237 g/mol. The van der Waals surface area contributed by atoms with E-state index in [2.05, 4.69) is 38.0 Å². The number of aryl methyl sites for hydroxylation is 1. The molecule has 1 aromatic heterocycles. The van der Waals surface area contributed by atoms with Crippen LogP contribution in [0.2, 0.25) is 0 Å². The van der Waals surface area contributed by atoms with Crippen molar-refractivity contribution in [2.75, 3.05) is 0 Å². The Kier molecular flexibility index (Phi) is 5.32. The number of hydrogen-bond acceptors (Lipinski definition) is 3. The van der Waals surface area contributed by atoms with Crippen LogP contribution in [0.25, 0.3) is 0 Å². The molecule has 0 aliphatic heterocycles. The summed E-state index contributed by atoms with van der Waals surface area (Å²) in [5.41, 5.74) is 1.54. The third-order valence-corrected chi connectivity index (χ3v) is 3.20. The van der Waals surface area contributed by atoms with Crippen LogP contribution in [-0.4, -0.2) is 21.3 Å². The van der Waals surface area contributed by atoms with Gasteiger partial charge in [-0.2, -0.15) is 0 Å². The van der Waals surface area contributed by atoms with Crippen molar-refractivity contribution in [1.29, 1.82) is 0 Å². The Labute approximate surface area is 103 Å². The van der Waals surface area contributed by atoms with Crippen LogP contribution in [0.15, 0.2) is 0 Å². The molecule has 0 aliphatic carbocycles. The average Bonchev–Trinajstić information content (AvgIpc) is 2.71. The van der Waals surface area contributed by atoms with Crippen LogP contribution >= 0.6 is 0 Å². The fourth-order valence-corrected chi connectivity index (χ4v) is 2.06. The van der Waals surface area contributed by atoms with Gasteiger partial charge in [0.05, 0.1) is 5.69 Å². The topological polar surface area (TPSA) is 47.8 Å². The lowest BCUT2D eigenvalue weighted by Gasteiger charge is -2.15. The second-order valence-electron chi connectivity index (χ2n) is 4.90. The van der Waals surface area contributed by atoms with Gasteiger partial charge >= 0.3 is 0 Å². The van der Waals surface area contributed by atoms with Crippen molar-refractivity contribution in [2.24, 2.45) is 5.92 Å². The van der Waals surface area contributed by atoms with Gasteiger partial charge in [-0.25, -0.2) is 4.68 Å². The molecule has 0 aliphatic rings. The van der Waals surface area contributed by atoms with Gasteiger partial charge in [0.1, 0.15) is 5.69 Å². The molecule has 0 aromatic carbocycles. The molecule has 1 rings (SSSR count). The highest BCUT2D eigenvalue weighted by atomic mass is 16.1. The highest BCUT2D eigenvalue weighted by Crippen LogP contribution is 2.24. The van der Waals surface area contributed by atoms with Crippen molar-refractivity contribution in [2.45, 2.75) is 59.4 Å². The number of hydrogen-bond donors (Lipinski definition) is 0. The molecule has 0 atom stereocenters. The van der Waals surface area contributed by atoms with Crippen LogP contribution in [0.1, 0.15) is 69.1 Å². The molecule has 4 nitrogen and oxygen atoms in total. The molecule has 0 radical (unpaired) electrons. The Balaban J connectivity index is 2.96. The summed E-state index contributed by atoms with van der Waals surface area (Å²) in [6.45, 7) is 9.51. The predicted molar refractivity (Wildman–Crippen MR) is 68.2 cm³/mol. The summed E-state index contributed by atoms with van der Waals surface area (Å²) in [5, 5.41) is 8.09. The molecule has 0 N–H and O–H groups in total. The second-order valence-corrected chi connectivity index (χ2v) is 4.90. The van der Waals surface area contributed by atoms with E-state index >= 15 is 0 Å². The predicted octanol–water partition coefficient (Wildman–Crippen LogP) is 3.04. The van der Waals surface area contributed by atoms with Gasteiger partial charge in [0.2, 0.25) is 0 Å². The molecule has 0 saturated carbocycles. The van der Waals surface area contributed by atoms with Gasteiger partial charge in [0.15, 0.2) is 6.29 Å². The summed E-state index contributed by atoms with van der Waals surface area (Å²) in [7, 11) is 0. The van der Waals surface area contributed by atoms with Crippen LogP contribution in [0.4, 0.5) is 0 Å². The molecule has 0 unspecified atom stereocenters. The molecule has 0 amide bonds. The number of aldehydes is 1. The van der Waals surface area contributed by atoms with Crippen molar-refractivity contribution in [3.8, 4) is 0 Å². The maximum atomic E-state index is 11.0. The van der Waals surface area contributed by atoms with Crippen molar-refractivity contribution < 1.29 is 4.79 Å². The summed E-state index contributed by atoms with van der Waals surface area (Å²) in [6.07, 6.45) is 3.93. The molecule has 0 saturated heterocycles. The van der Waals surface area contributed by atoms with Crippen LogP contribution in [0, 0.1) is 5.92 Å². The first kappa shape index (κ1) is 13.9. The Morgan fingerprint density at radius 1 is 1.29 bits per heavy atom. The van der Waals surface area contributed by atoms with E-state index < -0.39 is 0 Å². The minimum atomic E-state index is 0.386. The SMILES string of the molecule is CCC(CC)c1c(C=O)nnn1CCC(C)C. The van der Waals surface area contributed by atoms with Crippen LogP contribution in [0.5, 0.6) is 0 Å². The molecule has 17 heavy (non-hydrogen) atoms. The Bertz CT molecular complexity index is 354. The quantitative estimate of drug-likeness (QED) is 0.685. The van der Waals surface area contributed by atoms with Crippen LogP contribution in [0.3, 0.4) is 0 Å². The van der Waals surface area contributed by atoms with E-state index in [4.69, 9.17) is 0 Å². The number of aromatic nitrogens is 3. The lowest BCUT2D eigenvalue weighted by atomic mass is 9.97. The minimum Gasteiger partial charge on any atom is -0.296 e. The summed E-state index contributed by atoms with van der Waals surface area (Å²) < 4.78 is 1.92. The van der Waals surface area contributed by atoms with Crippen LogP contribution in [-0.2, 0) is 6.54 Å². The molecule has 0 bridgehead atoms. The van der Waals surface area contributed by atoms with Crippen molar-refractivity contribution in [3.05, 3.63) is 11.4 Å². The monoisotopic (exact) mass is 237 g/mol. The zero-order chi connectivity index (χ0) is 12.8. The lowest BCUT2D eigenvalue weighted by Crippen LogP contribution is -2.12. The summed E-state index contributed by atoms with van der Waals surface area (Å²) in [6, 6.07) is 0. The first-order valence-corrected chi connectivity index (χ1v) is 6.52. The number of carbonyl (C=O) groups excluding carboxylic acids is 1. The van der Waals surface area contributed by atoms with Crippen molar-refractivity contribution >= 4 is 6.29 Å². The van der Waals surface area contributed by atoms with Gasteiger partial charge in [-0.15, -0.1) is 5.10 Å². The van der Waals surface area contributed by atoms with Gasteiger partial charge < -0.3 is 0 Å². The molecular formula is C13H23N3O. The van der Waals surface area contributed by atoms with E-state index in [1.807, 2.05) is 4.68 Å². The van der Waals surface area contributed by atoms with E-state index in [0.29, 0.717) is 17.5 Å². The van der Waals surface area contributed by atoms with E-state index in [0.717, 1.165) is 37.8 Å². The smallest absolute Gasteiger partial charge is 0.172 e. The third-order valence-electron chi connectivity index (χ3n) is 3.20. The first-order valence-electron chi connectivity index (χ1n) is 6.52.